The van der Waals surface area contributed by atoms with Crippen molar-refractivity contribution >= 4 is 34.9 Å². The van der Waals surface area contributed by atoms with Gasteiger partial charge in [-0.05, 0) is 30.7 Å². The second kappa shape index (κ2) is 9.78. The van der Waals surface area contributed by atoms with E-state index in [1.165, 1.54) is 0 Å². The first-order valence-corrected chi connectivity index (χ1v) is 11.7. The van der Waals surface area contributed by atoms with Gasteiger partial charge in [0.15, 0.2) is 5.82 Å². The fraction of sp³-hybridized carbons (Fsp3) is 0.0741. The molecule has 0 aliphatic carbocycles. The molecule has 0 aliphatic rings. The van der Waals surface area contributed by atoms with E-state index in [9.17, 15) is 4.79 Å². The average molecular weight is 502 g/mol. The Hall–Kier alpha value is -3.87. The Morgan fingerprint density at radius 1 is 0.857 bits per heavy atom. The van der Waals surface area contributed by atoms with Crippen molar-refractivity contribution in [1.29, 1.82) is 0 Å². The number of hydrogen-bond donors (Lipinski definition) is 1. The van der Waals surface area contributed by atoms with Crippen molar-refractivity contribution in [3.8, 4) is 16.9 Å². The van der Waals surface area contributed by atoms with E-state index in [0.29, 0.717) is 33.5 Å². The van der Waals surface area contributed by atoms with Crippen molar-refractivity contribution in [3.63, 3.8) is 0 Å². The van der Waals surface area contributed by atoms with Gasteiger partial charge in [0.2, 0.25) is 0 Å². The average Bonchev–Trinajstić information content (AvgIpc) is 3.40. The summed E-state index contributed by atoms with van der Waals surface area (Å²) in [5, 5.41) is 13.1. The molecular formula is C27H21Cl2N5O. The Labute approximate surface area is 212 Å². The lowest BCUT2D eigenvalue weighted by Gasteiger charge is -2.06. The zero-order chi connectivity index (χ0) is 24.4. The van der Waals surface area contributed by atoms with Gasteiger partial charge in [0.25, 0.3) is 5.91 Å². The molecule has 0 fully saturated rings. The summed E-state index contributed by atoms with van der Waals surface area (Å²) in [6.07, 6.45) is 1.67. The minimum absolute atomic E-state index is 0.273. The summed E-state index contributed by atoms with van der Waals surface area (Å²) in [7, 11) is 0. The molecule has 35 heavy (non-hydrogen) atoms. The number of aromatic nitrogens is 4. The highest BCUT2D eigenvalue weighted by Crippen LogP contribution is 2.29. The Morgan fingerprint density at radius 2 is 1.51 bits per heavy atom. The van der Waals surface area contributed by atoms with E-state index < -0.39 is 0 Å². The molecule has 174 valence electrons. The third kappa shape index (κ3) is 4.71. The van der Waals surface area contributed by atoms with Crippen molar-refractivity contribution in [2.75, 3.05) is 5.32 Å². The van der Waals surface area contributed by atoms with E-state index in [4.69, 9.17) is 28.3 Å². The van der Waals surface area contributed by atoms with E-state index in [1.54, 1.807) is 15.6 Å². The van der Waals surface area contributed by atoms with Crippen LogP contribution in [0.4, 0.5) is 5.82 Å². The number of rotatable bonds is 6. The molecule has 2 heterocycles. The van der Waals surface area contributed by atoms with Gasteiger partial charge in [0.05, 0.1) is 23.5 Å². The lowest BCUT2D eigenvalue weighted by Crippen LogP contribution is -2.15. The first-order chi connectivity index (χ1) is 17.0. The van der Waals surface area contributed by atoms with Gasteiger partial charge in [-0.3, -0.25) is 9.48 Å². The number of halogens is 2. The fourth-order valence-electron chi connectivity index (χ4n) is 3.93. The van der Waals surface area contributed by atoms with Gasteiger partial charge in [0.1, 0.15) is 10.7 Å². The number of nitrogens with zero attached hydrogens (tertiary/aromatic N) is 4. The van der Waals surface area contributed by atoms with Crippen LogP contribution < -0.4 is 5.32 Å². The van der Waals surface area contributed by atoms with E-state index in [2.05, 4.69) is 10.4 Å². The smallest absolute Gasteiger partial charge is 0.261 e. The molecule has 1 amide bonds. The molecule has 6 nitrogen and oxygen atoms in total. The van der Waals surface area contributed by atoms with Crippen LogP contribution in [0.25, 0.3) is 16.9 Å². The molecule has 0 bridgehead atoms. The molecule has 0 spiro atoms. The molecule has 1 N–H and O–H groups in total. The van der Waals surface area contributed by atoms with Gasteiger partial charge in [-0.25, -0.2) is 4.68 Å². The molecule has 2 aromatic heterocycles. The monoisotopic (exact) mass is 501 g/mol. The van der Waals surface area contributed by atoms with Gasteiger partial charge in [-0.2, -0.15) is 10.2 Å². The van der Waals surface area contributed by atoms with Gasteiger partial charge in [-0.1, -0.05) is 89.9 Å². The van der Waals surface area contributed by atoms with E-state index >= 15 is 0 Å². The summed E-state index contributed by atoms with van der Waals surface area (Å²) in [6.45, 7) is 2.30. The van der Waals surface area contributed by atoms with Gasteiger partial charge in [0, 0.05) is 16.8 Å². The number of carbonyl (C=O) groups is 1. The summed E-state index contributed by atoms with van der Waals surface area (Å²) in [5.74, 6) is -0.0666. The zero-order valence-electron chi connectivity index (χ0n) is 18.8. The first-order valence-electron chi connectivity index (χ1n) is 11.0. The van der Waals surface area contributed by atoms with Gasteiger partial charge in [-0.15, -0.1) is 0 Å². The summed E-state index contributed by atoms with van der Waals surface area (Å²) in [4.78, 5) is 13.6. The Bertz CT molecular complexity index is 1490. The maximum atomic E-state index is 13.6. The normalized spacial score (nSPS) is 10.9. The van der Waals surface area contributed by atoms with Crippen molar-refractivity contribution in [1.82, 2.24) is 19.6 Å². The molecular weight excluding hydrogens is 481 g/mol. The van der Waals surface area contributed by atoms with Crippen LogP contribution in [0.3, 0.4) is 0 Å². The maximum absolute atomic E-state index is 13.6. The number of carbonyl (C=O) groups excluding carboxylic acids is 1. The third-order valence-electron chi connectivity index (χ3n) is 5.63. The second-order valence-electron chi connectivity index (χ2n) is 7.99. The van der Waals surface area contributed by atoms with Crippen LogP contribution in [-0.2, 0) is 6.54 Å². The molecule has 0 aliphatic heterocycles. The summed E-state index contributed by atoms with van der Waals surface area (Å²) in [6, 6.07) is 26.8. The number of para-hydroxylation sites is 1. The van der Waals surface area contributed by atoms with E-state index in [-0.39, 0.29) is 11.7 Å². The van der Waals surface area contributed by atoms with Crippen LogP contribution in [0.5, 0.6) is 0 Å². The van der Waals surface area contributed by atoms with Gasteiger partial charge >= 0.3 is 0 Å². The number of amides is 1. The van der Waals surface area contributed by atoms with Crippen molar-refractivity contribution in [2.24, 2.45) is 0 Å². The Balaban J connectivity index is 1.49. The highest BCUT2D eigenvalue weighted by atomic mass is 35.5. The quantitative estimate of drug-likeness (QED) is 0.283. The molecule has 0 radical (unpaired) electrons. The van der Waals surface area contributed by atoms with Crippen LogP contribution in [0, 0.1) is 6.92 Å². The number of nitrogens with one attached hydrogen (secondary N) is 1. The molecule has 5 aromatic rings. The summed E-state index contributed by atoms with van der Waals surface area (Å²) in [5.41, 5.74) is 4.35. The molecule has 0 saturated carbocycles. The number of anilines is 1. The zero-order valence-corrected chi connectivity index (χ0v) is 20.3. The van der Waals surface area contributed by atoms with Crippen LogP contribution >= 0.6 is 23.2 Å². The topological polar surface area (TPSA) is 64.7 Å². The molecule has 3 aromatic carbocycles. The van der Waals surface area contributed by atoms with Crippen LogP contribution in [0.1, 0.15) is 21.6 Å². The largest absolute Gasteiger partial charge is 0.304 e. The summed E-state index contributed by atoms with van der Waals surface area (Å²) < 4.78 is 3.42. The fourth-order valence-corrected chi connectivity index (χ4v) is 4.32. The Kier molecular flexibility index (Phi) is 6.40. The minimum Gasteiger partial charge on any atom is -0.304 e. The standard InChI is InChI=1S/C27H21Cl2N5O/c1-18-24(25(19-10-4-2-5-11-19)31-34(18)21-13-6-3-7-14-21)27(35)30-26-23(29)17-33(32-26)16-20-12-8-9-15-22(20)28/h2-15,17H,16H2,1H3,(H,30,32,35). The molecule has 0 saturated heterocycles. The highest BCUT2D eigenvalue weighted by Gasteiger charge is 2.24. The lowest BCUT2D eigenvalue weighted by molar-refractivity contribution is 0.102. The molecule has 5 rings (SSSR count). The third-order valence-corrected chi connectivity index (χ3v) is 6.28. The molecule has 0 atom stereocenters. The SMILES string of the molecule is Cc1c(C(=O)Nc2nn(Cc3ccccc3Cl)cc2Cl)c(-c2ccccc2)nn1-c1ccccc1. The van der Waals surface area contributed by atoms with Gasteiger partial charge < -0.3 is 5.32 Å². The molecule has 0 unspecified atom stereocenters. The second-order valence-corrected chi connectivity index (χ2v) is 8.81. The Morgan fingerprint density at radius 3 is 2.23 bits per heavy atom. The van der Waals surface area contributed by atoms with E-state index in [0.717, 1.165) is 16.8 Å². The van der Waals surface area contributed by atoms with Crippen LogP contribution in [-0.4, -0.2) is 25.5 Å². The lowest BCUT2D eigenvalue weighted by atomic mass is 10.1. The van der Waals surface area contributed by atoms with Crippen molar-refractivity contribution < 1.29 is 4.79 Å². The van der Waals surface area contributed by atoms with Crippen LogP contribution in [0.15, 0.2) is 91.1 Å². The maximum Gasteiger partial charge on any atom is 0.261 e. The number of benzene rings is 3. The molecule has 8 heteroatoms. The predicted molar refractivity (Wildman–Crippen MR) is 139 cm³/mol. The number of hydrogen-bond acceptors (Lipinski definition) is 3. The summed E-state index contributed by atoms with van der Waals surface area (Å²) >= 11 is 12.7. The van der Waals surface area contributed by atoms with Crippen LogP contribution in [0.2, 0.25) is 10.0 Å². The van der Waals surface area contributed by atoms with Crippen molar-refractivity contribution in [2.45, 2.75) is 13.5 Å². The minimum atomic E-state index is -0.339. The predicted octanol–water partition coefficient (Wildman–Crippen LogP) is 6.65. The highest BCUT2D eigenvalue weighted by molar-refractivity contribution is 6.33. The van der Waals surface area contributed by atoms with E-state index in [1.807, 2.05) is 91.9 Å². The van der Waals surface area contributed by atoms with Crippen molar-refractivity contribution in [3.05, 3.63) is 118 Å². The first kappa shape index (κ1) is 22.9.